The molecule has 0 saturated carbocycles. The zero-order chi connectivity index (χ0) is 28.1. The maximum atomic E-state index is 13.2. The van der Waals surface area contributed by atoms with Crippen molar-refractivity contribution in [3.8, 4) is 0 Å². The van der Waals surface area contributed by atoms with Gasteiger partial charge in [0.1, 0.15) is 5.69 Å². The van der Waals surface area contributed by atoms with Gasteiger partial charge in [-0.1, -0.05) is 38.8 Å². The van der Waals surface area contributed by atoms with Crippen molar-refractivity contribution in [2.45, 2.75) is 71.4 Å². The molecule has 0 bridgehead atoms. The summed E-state index contributed by atoms with van der Waals surface area (Å²) in [7, 11) is 2.93. The van der Waals surface area contributed by atoms with Crippen LogP contribution in [0.3, 0.4) is 0 Å². The predicted molar refractivity (Wildman–Crippen MR) is 143 cm³/mol. The Kier molecular flexibility index (Phi) is 12.4. The predicted octanol–water partition coefficient (Wildman–Crippen LogP) is 2.79. The number of hydrogen-bond donors (Lipinski definition) is 1. The normalized spacial score (nSPS) is 12.0. The van der Waals surface area contributed by atoms with Crippen molar-refractivity contribution in [3.63, 3.8) is 0 Å². The van der Waals surface area contributed by atoms with Crippen LogP contribution in [0.1, 0.15) is 68.4 Å². The van der Waals surface area contributed by atoms with Crippen LogP contribution in [-0.2, 0) is 39.1 Å². The quantitative estimate of drug-likeness (QED) is 0.263. The van der Waals surface area contributed by atoms with Gasteiger partial charge in [0, 0.05) is 37.7 Å². The molecule has 2 aromatic heterocycles. The first kappa shape index (κ1) is 30.4. The number of allylic oxidation sites excluding steroid dienone is 1. The molecule has 0 radical (unpaired) electrons. The molecule has 2 aromatic rings. The molecule has 0 fully saturated rings. The lowest BCUT2D eigenvalue weighted by Gasteiger charge is -2.17. The summed E-state index contributed by atoms with van der Waals surface area (Å²) in [6, 6.07) is 2.29. The number of rotatable bonds is 16. The number of nitrogens with one attached hydrogen (secondary N) is 1. The first-order valence-electron chi connectivity index (χ1n) is 12.9. The molecule has 1 atom stereocenters. The Bertz CT molecular complexity index is 1190. The van der Waals surface area contributed by atoms with Crippen molar-refractivity contribution < 1.29 is 23.9 Å². The number of esters is 1. The number of amides is 1. The minimum absolute atomic E-state index is 0.0267. The van der Waals surface area contributed by atoms with Crippen molar-refractivity contribution in [1.29, 1.82) is 0 Å². The molecule has 1 amide bonds. The van der Waals surface area contributed by atoms with Crippen LogP contribution >= 0.6 is 0 Å². The van der Waals surface area contributed by atoms with Gasteiger partial charge in [0.15, 0.2) is 11.6 Å². The smallest absolute Gasteiger partial charge is 0.330 e. The highest BCUT2D eigenvalue weighted by atomic mass is 16.5. The van der Waals surface area contributed by atoms with Gasteiger partial charge in [0.2, 0.25) is 0 Å². The second-order valence-electron chi connectivity index (χ2n) is 9.29. The van der Waals surface area contributed by atoms with Gasteiger partial charge in [-0.2, -0.15) is 0 Å². The molecule has 10 heteroatoms. The number of carbonyl (C=O) groups is 4. The van der Waals surface area contributed by atoms with E-state index in [0.29, 0.717) is 18.8 Å². The summed E-state index contributed by atoms with van der Waals surface area (Å²) in [4.78, 5) is 66.8. The summed E-state index contributed by atoms with van der Waals surface area (Å²) < 4.78 is 7.43. The summed E-state index contributed by atoms with van der Waals surface area (Å²) in [6.07, 6.45) is 10.8. The zero-order valence-corrected chi connectivity index (χ0v) is 22.6. The molecule has 0 aliphatic heterocycles. The Labute approximate surface area is 223 Å². The van der Waals surface area contributed by atoms with E-state index in [1.54, 1.807) is 31.5 Å². The zero-order valence-electron chi connectivity index (χ0n) is 22.6. The van der Waals surface area contributed by atoms with Crippen molar-refractivity contribution in [1.82, 2.24) is 19.4 Å². The maximum absolute atomic E-state index is 13.2. The number of ketones is 2. The van der Waals surface area contributed by atoms with E-state index >= 15 is 0 Å². The molecule has 0 aliphatic rings. The lowest BCUT2D eigenvalue weighted by molar-refractivity contribution is -0.134. The van der Waals surface area contributed by atoms with Gasteiger partial charge >= 0.3 is 5.97 Å². The van der Waals surface area contributed by atoms with Crippen molar-refractivity contribution in [2.24, 2.45) is 13.0 Å². The fraction of sp³-hybridized carbons (Fsp3) is 0.500. The van der Waals surface area contributed by atoms with Crippen molar-refractivity contribution in [2.75, 3.05) is 7.11 Å². The minimum Gasteiger partial charge on any atom is -0.466 e. The van der Waals surface area contributed by atoms with Crippen molar-refractivity contribution in [3.05, 3.63) is 64.6 Å². The van der Waals surface area contributed by atoms with Crippen LogP contribution in [0.15, 0.2) is 47.8 Å². The maximum Gasteiger partial charge on any atom is 0.330 e. The molecular formula is C28H38N4O6. The Morgan fingerprint density at radius 1 is 1.16 bits per heavy atom. The molecule has 0 saturated heterocycles. The average Bonchev–Trinajstić information content (AvgIpc) is 3.34. The molecular weight excluding hydrogens is 488 g/mol. The van der Waals surface area contributed by atoms with Crippen LogP contribution in [0.4, 0.5) is 0 Å². The SMILES string of the molecule is CCC(CC)CCC(=O)Cn1cccc(CC(=O)[C@H](CC/C=C/C(=O)OC)NC(=O)c2cncn2C)c1=O. The molecule has 0 unspecified atom stereocenters. The van der Waals surface area contributed by atoms with Crippen LogP contribution in [0.25, 0.3) is 0 Å². The molecule has 10 nitrogen and oxygen atoms in total. The third-order valence-electron chi connectivity index (χ3n) is 6.62. The third kappa shape index (κ3) is 9.24. The van der Waals surface area contributed by atoms with Crippen LogP contribution in [-0.4, -0.2) is 50.7 Å². The minimum atomic E-state index is -0.908. The van der Waals surface area contributed by atoms with Gasteiger partial charge in [0.25, 0.3) is 11.5 Å². The highest BCUT2D eigenvalue weighted by molar-refractivity contribution is 5.97. The number of imidazole rings is 1. The van der Waals surface area contributed by atoms with Crippen LogP contribution < -0.4 is 10.9 Å². The van der Waals surface area contributed by atoms with Crippen molar-refractivity contribution >= 4 is 23.4 Å². The van der Waals surface area contributed by atoms with E-state index in [2.05, 4.69) is 28.9 Å². The number of nitrogens with zero attached hydrogens (tertiary/aromatic N) is 3. The van der Waals surface area contributed by atoms with Gasteiger partial charge in [-0.3, -0.25) is 19.2 Å². The summed E-state index contributed by atoms with van der Waals surface area (Å²) in [5.74, 6) is -0.899. The fourth-order valence-corrected chi connectivity index (χ4v) is 4.12. The number of Topliss-reactive ketones (excluding diaryl/α,β-unsaturated/α-hetero) is 2. The third-order valence-corrected chi connectivity index (χ3v) is 6.62. The molecule has 0 spiro atoms. The molecule has 0 aromatic carbocycles. The number of hydrogen-bond acceptors (Lipinski definition) is 7. The lowest BCUT2D eigenvalue weighted by Crippen LogP contribution is -2.42. The largest absolute Gasteiger partial charge is 0.466 e. The standard InChI is InChI=1S/C28H38N4O6/c1-5-20(6-2)13-14-22(33)18-32-15-9-10-21(28(32)37)16-25(34)23(11-7-8-12-26(35)38-4)30-27(36)24-17-29-19-31(24)3/h8-10,12,15,17,19-20,23H,5-7,11,13-14,16,18H2,1-4H3,(H,30,36)/b12-8+/t23-/m0/s1. The van der Waals surface area contributed by atoms with E-state index in [9.17, 15) is 24.0 Å². The second-order valence-corrected chi connectivity index (χ2v) is 9.29. The summed E-state index contributed by atoms with van der Waals surface area (Å²) in [6.45, 7) is 4.16. The molecule has 2 rings (SSSR count). The van der Waals surface area contributed by atoms with Gasteiger partial charge < -0.3 is 19.2 Å². The van der Waals surface area contributed by atoms with E-state index in [4.69, 9.17) is 0 Å². The molecule has 1 N–H and O–H groups in total. The van der Waals surface area contributed by atoms with Gasteiger partial charge in [-0.25, -0.2) is 9.78 Å². The first-order chi connectivity index (χ1) is 18.2. The van der Waals surface area contributed by atoms with Crippen LogP contribution in [0.2, 0.25) is 0 Å². The Morgan fingerprint density at radius 3 is 2.53 bits per heavy atom. The van der Waals surface area contributed by atoms with E-state index in [-0.39, 0.29) is 42.2 Å². The Morgan fingerprint density at radius 2 is 1.89 bits per heavy atom. The van der Waals surface area contributed by atoms with Gasteiger partial charge in [0.05, 0.1) is 32.2 Å². The van der Waals surface area contributed by atoms with E-state index < -0.39 is 23.5 Å². The number of aryl methyl sites for hydroxylation is 1. The van der Waals surface area contributed by atoms with Gasteiger partial charge in [-0.15, -0.1) is 0 Å². The summed E-state index contributed by atoms with van der Waals surface area (Å²) >= 11 is 0. The molecule has 38 heavy (non-hydrogen) atoms. The van der Waals surface area contributed by atoms with Gasteiger partial charge in [-0.05, 0) is 31.2 Å². The van der Waals surface area contributed by atoms with E-state index in [1.807, 2.05) is 0 Å². The van der Waals surface area contributed by atoms with Crippen LogP contribution in [0.5, 0.6) is 0 Å². The molecule has 0 aliphatic carbocycles. The average molecular weight is 527 g/mol. The Balaban J connectivity index is 2.13. The number of ether oxygens (including phenoxy) is 1. The van der Waals surface area contributed by atoms with Crippen LogP contribution in [0, 0.1) is 5.92 Å². The summed E-state index contributed by atoms with van der Waals surface area (Å²) in [5.41, 5.74) is 0.121. The number of carbonyl (C=O) groups excluding carboxylic acids is 4. The van der Waals surface area contributed by atoms with E-state index in [0.717, 1.165) is 19.3 Å². The highest BCUT2D eigenvalue weighted by Gasteiger charge is 2.23. The highest BCUT2D eigenvalue weighted by Crippen LogP contribution is 2.15. The monoisotopic (exact) mass is 526 g/mol. The first-order valence-corrected chi connectivity index (χ1v) is 12.9. The topological polar surface area (TPSA) is 129 Å². The summed E-state index contributed by atoms with van der Waals surface area (Å²) in [5, 5.41) is 2.72. The van der Waals surface area contributed by atoms with E-state index in [1.165, 1.54) is 34.8 Å². The fourth-order valence-electron chi connectivity index (χ4n) is 4.12. The number of pyridine rings is 1. The number of aromatic nitrogens is 3. The second kappa shape index (κ2) is 15.4. The number of methoxy groups -OCH3 is 1. The molecule has 206 valence electrons. The molecule has 2 heterocycles. The lowest BCUT2D eigenvalue weighted by atomic mass is 9.96. The Hall–Kier alpha value is -3.82.